The van der Waals surface area contributed by atoms with Gasteiger partial charge in [0.05, 0.1) is 0 Å². The fourth-order valence-electron chi connectivity index (χ4n) is 1.77. The van der Waals surface area contributed by atoms with E-state index >= 15 is 0 Å². The molecule has 2 N–H and O–H groups in total. The molecule has 106 valence electrons. The molecule has 0 aromatic heterocycles. The molecular formula is C13H13FN2O4. The molecule has 1 aliphatic heterocycles. The number of piperidine rings is 1. The number of carbonyl (C=O) groups excluding carboxylic acids is 3. The van der Waals surface area contributed by atoms with Gasteiger partial charge in [0.1, 0.15) is 17.6 Å². The molecule has 3 amide bonds. The molecule has 0 aliphatic carbocycles. The predicted molar refractivity (Wildman–Crippen MR) is 66.2 cm³/mol. The van der Waals surface area contributed by atoms with Crippen LogP contribution in [-0.4, -0.2) is 30.4 Å². The molecule has 2 rings (SSSR count). The first-order valence-corrected chi connectivity index (χ1v) is 6.06. The second kappa shape index (κ2) is 6.14. The maximum absolute atomic E-state index is 12.9. The minimum Gasteiger partial charge on any atom is -0.484 e. The number of hydrogen-bond acceptors (Lipinski definition) is 4. The van der Waals surface area contributed by atoms with Gasteiger partial charge in [0.2, 0.25) is 11.8 Å². The molecule has 0 radical (unpaired) electrons. The number of ether oxygens (including phenoxy) is 1. The van der Waals surface area contributed by atoms with Crippen molar-refractivity contribution in [1.82, 2.24) is 10.6 Å². The predicted octanol–water partition coefficient (Wildman–Crippen LogP) is 0.126. The molecule has 1 atom stereocenters. The topological polar surface area (TPSA) is 84.5 Å². The molecule has 1 aromatic carbocycles. The maximum atomic E-state index is 12.9. The zero-order valence-corrected chi connectivity index (χ0v) is 10.5. The highest BCUT2D eigenvalue weighted by atomic mass is 19.1. The highest BCUT2D eigenvalue weighted by Crippen LogP contribution is 2.11. The first-order chi connectivity index (χ1) is 9.54. The SMILES string of the molecule is O=C1CCC(NC(=O)COc2cccc(F)c2)C(=O)N1. The van der Waals surface area contributed by atoms with Gasteiger partial charge in [-0.2, -0.15) is 0 Å². The second-order valence-corrected chi connectivity index (χ2v) is 4.32. The third-order valence-electron chi connectivity index (χ3n) is 2.74. The van der Waals surface area contributed by atoms with Gasteiger partial charge in [-0.3, -0.25) is 19.7 Å². The van der Waals surface area contributed by atoms with Crippen LogP contribution in [0.2, 0.25) is 0 Å². The quantitative estimate of drug-likeness (QED) is 0.768. The number of rotatable bonds is 4. The number of carbonyl (C=O) groups is 3. The van der Waals surface area contributed by atoms with Gasteiger partial charge < -0.3 is 10.1 Å². The molecule has 1 unspecified atom stereocenters. The lowest BCUT2D eigenvalue weighted by atomic mass is 10.1. The Balaban J connectivity index is 1.81. The Morgan fingerprint density at radius 3 is 2.95 bits per heavy atom. The van der Waals surface area contributed by atoms with E-state index in [1.807, 2.05) is 0 Å². The van der Waals surface area contributed by atoms with Gasteiger partial charge in [-0.1, -0.05) is 6.07 Å². The van der Waals surface area contributed by atoms with Crippen molar-refractivity contribution in [3.8, 4) is 5.75 Å². The third-order valence-corrected chi connectivity index (χ3v) is 2.74. The van der Waals surface area contributed by atoms with Crippen molar-refractivity contribution in [2.45, 2.75) is 18.9 Å². The summed E-state index contributed by atoms with van der Waals surface area (Å²) in [5.41, 5.74) is 0. The minimum atomic E-state index is -0.740. The van der Waals surface area contributed by atoms with Crippen molar-refractivity contribution in [3.05, 3.63) is 30.1 Å². The average Bonchev–Trinajstić information content (AvgIpc) is 2.40. The minimum absolute atomic E-state index is 0.182. The van der Waals surface area contributed by atoms with E-state index in [4.69, 9.17) is 4.74 Å². The van der Waals surface area contributed by atoms with Crippen LogP contribution in [0.15, 0.2) is 24.3 Å². The van der Waals surface area contributed by atoms with E-state index in [0.29, 0.717) is 0 Å². The molecule has 1 heterocycles. The van der Waals surface area contributed by atoms with Crippen LogP contribution in [0, 0.1) is 5.82 Å². The Morgan fingerprint density at radius 2 is 2.25 bits per heavy atom. The van der Waals surface area contributed by atoms with Crippen molar-refractivity contribution >= 4 is 17.7 Å². The monoisotopic (exact) mass is 280 g/mol. The van der Waals surface area contributed by atoms with Gasteiger partial charge in [0.25, 0.3) is 5.91 Å². The van der Waals surface area contributed by atoms with Crippen LogP contribution in [0.25, 0.3) is 0 Å². The average molecular weight is 280 g/mol. The fraction of sp³-hybridized carbons (Fsp3) is 0.308. The molecular weight excluding hydrogens is 267 g/mol. The highest BCUT2D eigenvalue weighted by Gasteiger charge is 2.27. The molecule has 0 spiro atoms. The Labute approximate surface area is 114 Å². The van der Waals surface area contributed by atoms with Gasteiger partial charge in [0.15, 0.2) is 6.61 Å². The number of benzene rings is 1. The maximum Gasteiger partial charge on any atom is 0.258 e. The Kier molecular flexibility index (Phi) is 4.29. The van der Waals surface area contributed by atoms with Crippen LogP contribution in [0.1, 0.15) is 12.8 Å². The fourth-order valence-corrected chi connectivity index (χ4v) is 1.77. The van der Waals surface area contributed by atoms with Crippen molar-refractivity contribution in [1.29, 1.82) is 0 Å². The van der Waals surface area contributed by atoms with E-state index in [0.717, 1.165) is 6.07 Å². The van der Waals surface area contributed by atoms with E-state index in [9.17, 15) is 18.8 Å². The van der Waals surface area contributed by atoms with Crippen LogP contribution in [-0.2, 0) is 14.4 Å². The van der Waals surface area contributed by atoms with Gasteiger partial charge in [-0.05, 0) is 18.6 Å². The van der Waals surface area contributed by atoms with E-state index in [1.54, 1.807) is 0 Å². The van der Waals surface area contributed by atoms with Crippen molar-refractivity contribution in [2.75, 3.05) is 6.61 Å². The van der Waals surface area contributed by atoms with Crippen LogP contribution in [0.4, 0.5) is 4.39 Å². The van der Waals surface area contributed by atoms with Gasteiger partial charge in [-0.25, -0.2) is 4.39 Å². The molecule has 1 aromatic rings. The van der Waals surface area contributed by atoms with Crippen LogP contribution in [0.3, 0.4) is 0 Å². The standard InChI is InChI=1S/C13H13FN2O4/c14-8-2-1-3-9(6-8)20-7-12(18)15-10-4-5-11(17)16-13(10)19/h1-3,6,10H,4-5,7H2,(H,15,18)(H,16,17,19). The zero-order chi connectivity index (χ0) is 14.5. The van der Waals surface area contributed by atoms with Gasteiger partial charge >= 0.3 is 0 Å². The summed E-state index contributed by atoms with van der Waals surface area (Å²) in [6.45, 7) is -0.332. The summed E-state index contributed by atoms with van der Waals surface area (Å²) in [7, 11) is 0. The lowest BCUT2D eigenvalue weighted by Crippen LogP contribution is -2.53. The first-order valence-electron chi connectivity index (χ1n) is 6.06. The number of imide groups is 1. The summed E-state index contributed by atoms with van der Waals surface area (Å²) in [5.74, 6) is -1.63. The lowest BCUT2D eigenvalue weighted by Gasteiger charge is -2.21. The molecule has 0 saturated carbocycles. The Morgan fingerprint density at radius 1 is 1.45 bits per heavy atom. The zero-order valence-electron chi connectivity index (χ0n) is 10.5. The van der Waals surface area contributed by atoms with Crippen LogP contribution < -0.4 is 15.4 Å². The van der Waals surface area contributed by atoms with Gasteiger partial charge in [0, 0.05) is 12.5 Å². The highest BCUT2D eigenvalue weighted by molar-refractivity contribution is 6.01. The smallest absolute Gasteiger partial charge is 0.258 e. The van der Waals surface area contributed by atoms with E-state index in [1.165, 1.54) is 18.2 Å². The number of halogens is 1. The van der Waals surface area contributed by atoms with Crippen LogP contribution >= 0.6 is 0 Å². The normalized spacial score (nSPS) is 18.4. The molecule has 20 heavy (non-hydrogen) atoms. The summed E-state index contributed by atoms with van der Waals surface area (Å²) in [6.07, 6.45) is 0.442. The summed E-state index contributed by atoms with van der Waals surface area (Å²) < 4.78 is 18.0. The first kappa shape index (κ1) is 14.0. The van der Waals surface area contributed by atoms with E-state index < -0.39 is 23.7 Å². The number of nitrogens with one attached hydrogen (secondary N) is 2. The molecule has 7 heteroatoms. The Hall–Kier alpha value is -2.44. The van der Waals surface area contributed by atoms with E-state index in [-0.39, 0.29) is 31.1 Å². The summed E-state index contributed by atoms with van der Waals surface area (Å²) in [4.78, 5) is 34.0. The summed E-state index contributed by atoms with van der Waals surface area (Å²) >= 11 is 0. The number of amides is 3. The largest absolute Gasteiger partial charge is 0.484 e. The Bertz CT molecular complexity index is 547. The van der Waals surface area contributed by atoms with Crippen molar-refractivity contribution < 1.29 is 23.5 Å². The third kappa shape index (κ3) is 3.78. The summed E-state index contributed by atoms with van der Waals surface area (Å²) in [6, 6.07) is 4.65. The van der Waals surface area contributed by atoms with Crippen molar-refractivity contribution in [2.24, 2.45) is 0 Å². The second-order valence-electron chi connectivity index (χ2n) is 4.32. The van der Waals surface area contributed by atoms with Crippen LogP contribution in [0.5, 0.6) is 5.75 Å². The molecule has 0 bridgehead atoms. The summed E-state index contributed by atoms with van der Waals surface area (Å²) in [5, 5.41) is 4.59. The molecule has 1 fully saturated rings. The molecule has 1 saturated heterocycles. The van der Waals surface area contributed by atoms with Crippen molar-refractivity contribution in [3.63, 3.8) is 0 Å². The molecule has 1 aliphatic rings. The lowest BCUT2D eigenvalue weighted by molar-refractivity contribution is -0.137. The molecule has 6 nitrogen and oxygen atoms in total. The number of hydrogen-bond donors (Lipinski definition) is 2. The van der Waals surface area contributed by atoms with Gasteiger partial charge in [-0.15, -0.1) is 0 Å². The van der Waals surface area contributed by atoms with E-state index in [2.05, 4.69) is 10.6 Å².